The van der Waals surface area contributed by atoms with Gasteiger partial charge in [0.25, 0.3) is 0 Å². The van der Waals surface area contributed by atoms with E-state index in [-0.39, 0.29) is 17.9 Å². The minimum Gasteiger partial charge on any atom is -0.483 e. The maximum atomic E-state index is 14.8. The molecule has 1 unspecified atom stereocenters. The van der Waals surface area contributed by atoms with Crippen LogP contribution in [-0.4, -0.2) is 36.9 Å². The fourth-order valence-corrected chi connectivity index (χ4v) is 4.79. The summed E-state index contributed by atoms with van der Waals surface area (Å²) in [6, 6.07) is 26.9. The van der Waals surface area contributed by atoms with Crippen molar-refractivity contribution in [2.45, 2.75) is 25.5 Å². The van der Waals surface area contributed by atoms with Crippen molar-refractivity contribution in [3.05, 3.63) is 96.3 Å². The van der Waals surface area contributed by atoms with E-state index in [1.54, 1.807) is 18.2 Å². The maximum Gasteiger partial charge on any atom is 0.341 e. The number of hydrogen-bond donors (Lipinski definition) is 2. The number of carboxylic acids is 1. The van der Waals surface area contributed by atoms with E-state index >= 15 is 0 Å². The molecule has 4 aromatic rings. The monoisotopic (exact) mass is 500 g/mol. The minimum absolute atomic E-state index is 0.146. The molecule has 37 heavy (non-hydrogen) atoms. The highest BCUT2D eigenvalue weighted by molar-refractivity contribution is 5.86. The number of halogens is 1. The zero-order chi connectivity index (χ0) is 25.8. The van der Waals surface area contributed by atoms with Gasteiger partial charge in [-0.2, -0.15) is 0 Å². The Balaban J connectivity index is 1.28. The molecule has 2 atom stereocenters. The molecule has 0 aromatic heterocycles. The average molecular weight is 501 g/mol. The molecule has 0 saturated heterocycles. The van der Waals surface area contributed by atoms with E-state index in [4.69, 9.17) is 14.6 Å². The quantitative estimate of drug-likeness (QED) is 0.290. The highest BCUT2D eigenvalue weighted by Gasteiger charge is 2.29. The lowest BCUT2D eigenvalue weighted by molar-refractivity contribution is -0.139. The van der Waals surface area contributed by atoms with E-state index in [0.717, 1.165) is 5.69 Å². The Hall–Kier alpha value is -4.10. The Labute approximate surface area is 215 Å². The van der Waals surface area contributed by atoms with Crippen molar-refractivity contribution in [2.75, 3.05) is 24.6 Å². The molecule has 1 aliphatic rings. The lowest BCUT2D eigenvalue weighted by atomic mass is 9.99. The largest absolute Gasteiger partial charge is 0.483 e. The van der Waals surface area contributed by atoms with Gasteiger partial charge in [0.15, 0.2) is 18.2 Å². The van der Waals surface area contributed by atoms with Crippen LogP contribution in [-0.2, 0) is 4.79 Å². The van der Waals surface area contributed by atoms with Crippen LogP contribution in [0.2, 0.25) is 0 Å². The van der Waals surface area contributed by atoms with Crippen LogP contribution in [0, 0.1) is 5.82 Å². The zero-order valence-electron chi connectivity index (χ0n) is 20.6. The lowest BCUT2D eigenvalue weighted by Gasteiger charge is -2.36. The van der Waals surface area contributed by atoms with Gasteiger partial charge in [0, 0.05) is 11.7 Å². The van der Waals surface area contributed by atoms with E-state index < -0.39 is 18.4 Å². The van der Waals surface area contributed by atoms with Crippen LogP contribution in [0.5, 0.6) is 11.5 Å². The van der Waals surface area contributed by atoms with Crippen molar-refractivity contribution < 1.29 is 23.8 Å². The summed E-state index contributed by atoms with van der Waals surface area (Å²) in [6.45, 7) is 3.00. The predicted molar refractivity (Wildman–Crippen MR) is 142 cm³/mol. The van der Waals surface area contributed by atoms with Gasteiger partial charge in [0.2, 0.25) is 0 Å². The summed E-state index contributed by atoms with van der Waals surface area (Å²) in [5.74, 6) is -0.729. The summed E-state index contributed by atoms with van der Waals surface area (Å²) < 4.78 is 26.1. The van der Waals surface area contributed by atoms with Gasteiger partial charge in [-0.3, -0.25) is 0 Å². The molecule has 6 nitrogen and oxygen atoms in total. The van der Waals surface area contributed by atoms with Gasteiger partial charge >= 0.3 is 5.97 Å². The molecule has 2 N–H and O–H groups in total. The number of rotatable bonds is 9. The van der Waals surface area contributed by atoms with Crippen LogP contribution in [0.15, 0.2) is 84.9 Å². The third kappa shape index (κ3) is 5.52. The molecule has 4 aromatic carbocycles. The molecule has 0 amide bonds. The van der Waals surface area contributed by atoms with Gasteiger partial charge in [-0.15, -0.1) is 0 Å². The number of carbonyl (C=O) groups is 1. The van der Waals surface area contributed by atoms with Gasteiger partial charge in [-0.25, -0.2) is 9.18 Å². The molecule has 0 aliphatic carbocycles. The number of benzene rings is 4. The molecule has 7 heteroatoms. The van der Waals surface area contributed by atoms with Crippen molar-refractivity contribution in [3.63, 3.8) is 0 Å². The molecular formula is C30H29FN2O4. The van der Waals surface area contributed by atoms with Gasteiger partial charge in [0.1, 0.15) is 11.9 Å². The third-order valence-corrected chi connectivity index (χ3v) is 6.63. The third-order valence-electron chi connectivity index (χ3n) is 6.63. The standard InChI is InChI=1S/C30H29FN2O4/c1-20(25-9-4-7-21-6-2-3-8-26(21)25)32-17-16-24-18-33(28-11-5-10-27(31)30(28)37-24)22-12-14-23(15-13-22)36-19-29(34)35/h2-15,20,24,32H,16-19H2,1H3,(H,34,35)/t20-,24?/m1/s1. The van der Waals surface area contributed by atoms with E-state index in [1.807, 2.05) is 29.2 Å². The summed E-state index contributed by atoms with van der Waals surface area (Å²) in [4.78, 5) is 12.8. The summed E-state index contributed by atoms with van der Waals surface area (Å²) in [7, 11) is 0. The number of aliphatic carboxylic acids is 1. The lowest BCUT2D eigenvalue weighted by Crippen LogP contribution is -2.39. The molecule has 0 radical (unpaired) electrons. The highest BCUT2D eigenvalue weighted by Crippen LogP contribution is 2.40. The summed E-state index contributed by atoms with van der Waals surface area (Å²) in [5.41, 5.74) is 2.75. The normalized spacial score (nSPS) is 15.6. The van der Waals surface area contributed by atoms with Crippen LogP contribution in [0.1, 0.15) is 24.9 Å². The summed E-state index contributed by atoms with van der Waals surface area (Å²) >= 11 is 0. The Morgan fingerprint density at radius 3 is 2.65 bits per heavy atom. The van der Waals surface area contributed by atoms with Crippen LogP contribution >= 0.6 is 0 Å². The predicted octanol–water partition coefficient (Wildman–Crippen LogP) is 6.08. The second-order valence-corrected chi connectivity index (χ2v) is 9.15. The smallest absolute Gasteiger partial charge is 0.341 e. The Morgan fingerprint density at radius 2 is 1.84 bits per heavy atom. The fourth-order valence-electron chi connectivity index (χ4n) is 4.79. The maximum absolute atomic E-state index is 14.8. The molecule has 5 rings (SSSR count). The van der Waals surface area contributed by atoms with Crippen molar-refractivity contribution >= 4 is 28.1 Å². The first-order valence-corrected chi connectivity index (χ1v) is 12.4. The van der Waals surface area contributed by atoms with E-state index in [2.05, 4.69) is 48.6 Å². The first kappa shape index (κ1) is 24.6. The SMILES string of the molecule is C[C@@H](NCCC1CN(c2ccc(OCC(=O)O)cc2)c2cccc(F)c2O1)c1cccc2ccccc12. The number of nitrogens with one attached hydrogen (secondary N) is 1. The molecule has 1 aliphatic heterocycles. The van der Waals surface area contributed by atoms with Gasteiger partial charge < -0.3 is 24.8 Å². The summed E-state index contributed by atoms with van der Waals surface area (Å²) in [6.07, 6.45) is 0.471. The number of carboxylic acid groups (broad SMARTS) is 1. The number of fused-ring (bicyclic) bond motifs is 2. The Kier molecular flexibility index (Phi) is 7.23. The minimum atomic E-state index is -1.03. The number of para-hydroxylation sites is 1. The molecule has 0 fully saturated rings. The van der Waals surface area contributed by atoms with Crippen LogP contribution in [0.25, 0.3) is 10.8 Å². The van der Waals surface area contributed by atoms with Crippen LogP contribution in [0.4, 0.5) is 15.8 Å². The highest BCUT2D eigenvalue weighted by atomic mass is 19.1. The molecule has 0 spiro atoms. The number of anilines is 2. The zero-order valence-corrected chi connectivity index (χ0v) is 20.6. The number of hydrogen-bond acceptors (Lipinski definition) is 5. The number of nitrogens with zero attached hydrogens (tertiary/aromatic N) is 1. The second-order valence-electron chi connectivity index (χ2n) is 9.15. The van der Waals surface area contributed by atoms with E-state index in [0.29, 0.717) is 30.9 Å². The Bertz CT molecular complexity index is 1390. The number of ether oxygens (including phenoxy) is 2. The fraction of sp³-hybridized carbons (Fsp3) is 0.233. The molecular weight excluding hydrogens is 471 g/mol. The van der Waals surface area contributed by atoms with Crippen molar-refractivity contribution in [2.24, 2.45) is 0 Å². The molecule has 0 bridgehead atoms. The van der Waals surface area contributed by atoms with Crippen LogP contribution in [0.3, 0.4) is 0 Å². The van der Waals surface area contributed by atoms with Gasteiger partial charge in [-0.05, 0) is 72.6 Å². The average Bonchev–Trinajstić information content (AvgIpc) is 2.92. The Morgan fingerprint density at radius 1 is 1.08 bits per heavy atom. The van der Waals surface area contributed by atoms with E-state index in [1.165, 1.54) is 22.4 Å². The van der Waals surface area contributed by atoms with Crippen molar-refractivity contribution in [1.29, 1.82) is 0 Å². The first-order chi connectivity index (χ1) is 18.0. The van der Waals surface area contributed by atoms with Gasteiger partial charge in [-0.1, -0.05) is 48.5 Å². The van der Waals surface area contributed by atoms with E-state index in [9.17, 15) is 9.18 Å². The van der Waals surface area contributed by atoms with Crippen LogP contribution < -0.4 is 19.7 Å². The van der Waals surface area contributed by atoms with Gasteiger partial charge in [0.05, 0.1) is 12.2 Å². The molecule has 0 saturated carbocycles. The molecule has 190 valence electrons. The summed E-state index contributed by atoms with van der Waals surface area (Å²) in [5, 5.41) is 14.9. The van der Waals surface area contributed by atoms with Crippen molar-refractivity contribution in [1.82, 2.24) is 5.32 Å². The topological polar surface area (TPSA) is 71.0 Å². The van der Waals surface area contributed by atoms with Crippen molar-refractivity contribution in [3.8, 4) is 11.5 Å². The molecule has 1 heterocycles. The second kappa shape index (κ2) is 10.9. The first-order valence-electron chi connectivity index (χ1n) is 12.4.